The Morgan fingerprint density at radius 1 is 0.820 bits per heavy atom. The molecule has 4 amide bonds. The van der Waals surface area contributed by atoms with Crippen LogP contribution in [0.3, 0.4) is 0 Å². The van der Waals surface area contributed by atoms with Crippen molar-refractivity contribution in [2.24, 2.45) is 11.7 Å². The van der Waals surface area contributed by atoms with Crippen molar-refractivity contribution >= 4 is 29.4 Å². The number of carbonyl (C=O) groups excluding carboxylic acids is 4. The van der Waals surface area contributed by atoms with E-state index in [1.807, 2.05) is 70.3 Å². The summed E-state index contributed by atoms with van der Waals surface area (Å²) in [6.07, 6.45) is 8.18. The van der Waals surface area contributed by atoms with Crippen molar-refractivity contribution in [1.82, 2.24) is 35.1 Å². The number of piperazine rings is 1. The predicted octanol–water partition coefficient (Wildman–Crippen LogP) is 3.67. The third-order valence-electron chi connectivity index (χ3n) is 11.6. The Morgan fingerprint density at radius 3 is 2.21 bits per heavy atom. The summed E-state index contributed by atoms with van der Waals surface area (Å²) in [5.74, 6) is 1.83. The molecule has 6 rings (SSSR count). The van der Waals surface area contributed by atoms with Gasteiger partial charge in [0.05, 0.1) is 19.3 Å². The zero-order valence-corrected chi connectivity index (χ0v) is 35.5. The molecule has 4 heterocycles. The van der Waals surface area contributed by atoms with Crippen molar-refractivity contribution in [3.05, 3.63) is 72.3 Å². The Labute approximate surface area is 359 Å². The summed E-state index contributed by atoms with van der Waals surface area (Å²) in [5.41, 5.74) is 7.68. The van der Waals surface area contributed by atoms with Crippen molar-refractivity contribution < 1.29 is 33.4 Å². The molecule has 1 atom stereocenters. The van der Waals surface area contributed by atoms with Gasteiger partial charge in [-0.25, -0.2) is 4.68 Å². The van der Waals surface area contributed by atoms with Crippen LogP contribution >= 0.6 is 0 Å². The molecule has 0 aliphatic carbocycles. The molecule has 0 bridgehead atoms. The Bertz CT molecular complexity index is 1890. The quantitative estimate of drug-likeness (QED) is 0.0855. The standard InChI is InChI=1S/C45H63N9O7/c1-59-32-33-60-31-7-20-47-39(55)10-5-11-40(56)48-22-26-52-29-27-51(28-30-52)23-6-12-41(57)53-24-18-34(19-25-53)38-17-21-49-45-42(44(46)58)43(50-54(38)45)35-13-15-37(16-14-35)61-36-8-3-2-4-9-36/h2-4,6,8-9,12-16,34,38,49H,5,7,10-11,17-33H2,1H3,(H2,46,58)(H,47,55)(H,48,56)/b12-6+/t38-/m0/s1. The molecule has 2 saturated heterocycles. The van der Waals surface area contributed by atoms with Gasteiger partial charge in [0.2, 0.25) is 17.7 Å². The Hall–Kier alpha value is -5.29. The molecule has 0 spiro atoms. The first-order chi connectivity index (χ1) is 29.8. The SMILES string of the molecule is COCCOCCCNC(=O)CCCC(=O)NCCN1CCN(C/C=C/C(=O)N2CCC([C@@H]3CCNc4c(C(N)=O)c(-c5ccc(Oc6ccccc6)cc5)nn43)CC2)CC1. The molecule has 3 aliphatic heterocycles. The first-order valence-electron chi connectivity index (χ1n) is 21.8. The number of hydrogen-bond acceptors (Lipinski definition) is 11. The van der Waals surface area contributed by atoms with Gasteiger partial charge in [0.1, 0.15) is 28.6 Å². The van der Waals surface area contributed by atoms with Crippen LogP contribution in [-0.2, 0) is 23.9 Å². The molecule has 3 aliphatic rings. The van der Waals surface area contributed by atoms with Gasteiger partial charge in [-0.3, -0.25) is 29.0 Å². The van der Waals surface area contributed by atoms with Gasteiger partial charge in [0.25, 0.3) is 5.91 Å². The summed E-state index contributed by atoms with van der Waals surface area (Å²) in [7, 11) is 1.63. The molecule has 16 heteroatoms. The molecular weight excluding hydrogens is 779 g/mol. The van der Waals surface area contributed by atoms with E-state index in [4.69, 9.17) is 25.0 Å². The smallest absolute Gasteiger partial charge is 0.254 e. The van der Waals surface area contributed by atoms with Crippen molar-refractivity contribution in [3.8, 4) is 22.8 Å². The highest BCUT2D eigenvalue weighted by Gasteiger charge is 2.36. The molecule has 5 N–H and O–H groups in total. The average Bonchev–Trinajstić information content (AvgIpc) is 3.68. The average molecular weight is 842 g/mol. The number of methoxy groups -OCH3 is 1. The summed E-state index contributed by atoms with van der Waals surface area (Å²) in [6, 6.07) is 17.2. The lowest BCUT2D eigenvalue weighted by Crippen LogP contribution is -2.48. The molecule has 1 aromatic heterocycles. The van der Waals surface area contributed by atoms with Crippen molar-refractivity contribution in [1.29, 1.82) is 0 Å². The molecule has 330 valence electrons. The number of aromatic nitrogens is 2. The minimum Gasteiger partial charge on any atom is -0.457 e. The van der Waals surface area contributed by atoms with Gasteiger partial charge in [-0.2, -0.15) is 5.10 Å². The lowest BCUT2D eigenvalue weighted by atomic mass is 9.87. The number of rotatable bonds is 22. The maximum absolute atomic E-state index is 13.2. The molecule has 0 unspecified atom stereocenters. The minimum atomic E-state index is -0.524. The molecule has 2 fully saturated rings. The zero-order valence-electron chi connectivity index (χ0n) is 35.5. The van der Waals surface area contributed by atoms with E-state index in [2.05, 4.69) is 25.8 Å². The highest BCUT2D eigenvalue weighted by atomic mass is 16.5. The molecule has 0 radical (unpaired) electrons. The van der Waals surface area contributed by atoms with E-state index >= 15 is 0 Å². The number of hydrogen-bond donors (Lipinski definition) is 4. The number of nitrogens with two attached hydrogens (primary N) is 1. The van der Waals surface area contributed by atoms with Crippen molar-refractivity contribution in [2.75, 3.05) is 104 Å². The number of ether oxygens (including phenoxy) is 3. The highest BCUT2D eigenvalue weighted by molar-refractivity contribution is 6.04. The minimum absolute atomic E-state index is 0.0308. The number of anilines is 1. The summed E-state index contributed by atoms with van der Waals surface area (Å²) >= 11 is 0. The predicted molar refractivity (Wildman–Crippen MR) is 233 cm³/mol. The van der Waals surface area contributed by atoms with Gasteiger partial charge in [-0.05, 0) is 74.4 Å². The number of nitrogens with one attached hydrogen (secondary N) is 3. The van der Waals surface area contributed by atoms with Gasteiger partial charge in [-0.15, -0.1) is 0 Å². The van der Waals surface area contributed by atoms with E-state index in [9.17, 15) is 19.2 Å². The fraction of sp³-hybridized carbons (Fsp3) is 0.533. The number of carbonyl (C=O) groups is 4. The topological polar surface area (TPSA) is 186 Å². The fourth-order valence-corrected chi connectivity index (χ4v) is 8.18. The number of likely N-dealkylation sites (tertiary alicyclic amines) is 1. The molecule has 3 aromatic rings. The second-order valence-electron chi connectivity index (χ2n) is 15.8. The summed E-state index contributed by atoms with van der Waals surface area (Å²) in [6.45, 7) is 9.95. The second-order valence-corrected chi connectivity index (χ2v) is 15.8. The molecule has 2 aromatic carbocycles. The molecule has 0 saturated carbocycles. The van der Waals surface area contributed by atoms with Crippen LogP contribution in [-0.4, -0.2) is 147 Å². The van der Waals surface area contributed by atoms with E-state index in [0.717, 1.165) is 69.7 Å². The van der Waals surface area contributed by atoms with Gasteiger partial charge < -0.3 is 40.8 Å². The largest absolute Gasteiger partial charge is 0.457 e. The van der Waals surface area contributed by atoms with Crippen LogP contribution < -0.4 is 26.4 Å². The second kappa shape index (κ2) is 23.6. The number of para-hydroxylation sites is 1. The van der Waals surface area contributed by atoms with E-state index in [1.54, 1.807) is 13.2 Å². The Balaban J connectivity index is 0.863. The van der Waals surface area contributed by atoms with Crippen molar-refractivity contribution in [2.45, 2.75) is 51.0 Å². The van der Waals surface area contributed by atoms with Crippen LogP contribution in [0.15, 0.2) is 66.7 Å². The van der Waals surface area contributed by atoms with E-state index in [-0.39, 0.29) is 23.8 Å². The third kappa shape index (κ3) is 13.6. The lowest BCUT2D eigenvalue weighted by Gasteiger charge is -2.38. The van der Waals surface area contributed by atoms with Crippen LogP contribution in [0.4, 0.5) is 5.82 Å². The Kier molecular flexibility index (Phi) is 17.5. The van der Waals surface area contributed by atoms with E-state index in [0.29, 0.717) is 107 Å². The number of amides is 4. The fourth-order valence-electron chi connectivity index (χ4n) is 8.18. The third-order valence-corrected chi connectivity index (χ3v) is 11.6. The van der Waals surface area contributed by atoms with Crippen molar-refractivity contribution in [3.63, 3.8) is 0 Å². The monoisotopic (exact) mass is 841 g/mol. The Morgan fingerprint density at radius 2 is 1.51 bits per heavy atom. The first-order valence-corrected chi connectivity index (χ1v) is 21.8. The number of piperidine rings is 1. The van der Waals surface area contributed by atoms with Gasteiger partial charge in [0.15, 0.2) is 0 Å². The molecular formula is C45H63N9O7. The number of benzene rings is 2. The van der Waals surface area contributed by atoms with Gasteiger partial charge in [-0.1, -0.05) is 24.3 Å². The van der Waals surface area contributed by atoms with Crippen LogP contribution in [0.2, 0.25) is 0 Å². The van der Waals surface area contributed by atoms with Crippen LogP contribution in [0, 0.1) is 5.92 Å². The van der Waals surface area contributed by atoms with Gasteiger partial charge >= 0.3 is 0 Å². The van der Waals surface area contributed by atoms with Crippen LogP contribution in [0.25, 0.3) is 11.3 Å². The number of nitrogens with zero attached hydrogens (tertiary/aromatic N) is 5. The maximum Gasteiger partial charge on any atom is 0.254 e. The summed E-state index contributed by atoms with van der Waals surface area (Å²) < 4.78 is 18.2. The van der Waals surface area contributed by atoms with E-state index in [1.165, 1.54) is 0 Å². The zero-order chi connectivity index (χ0) is 42.8. The van der Waals surface area contributed by atoms with Crippen LogP contribution in [0.1, 0.15) is 61.3 Å². The normalized spacial score (nSPS) is 17.5. The first kappa shape index (κ1) is 45.2. The van der Waals surface area contributed by atoms with E-state index < -0.39 is 5.91 Å². The molecule has 61 heavy (non-hydrogen) atoms. The molecule has 16 nitrogen and oxygen atoms in total. The summed E-state index contributed by atoms with van der Waals surface area (Å²) in [5, 5.41) is 14.2. The number of primary amides is 1. The highest BCUT2D eigenvalue weighted by Crippen LogP contribution is 2.40. The van der Waals surface area contributed by atoms with Crippen LogP contribution in [0.5, 0.6) is 11.5 Å². The summed E-state index contributed by atoms with van der Waals surface area (Å²) in [4.78, 5) is 56.9. The number of fused-ring (bicyclic) bond motifs is 1. The maximum atomic E-state index is 13.2. The van der Waals surface area contributed by atoms with Gasteiger partial charge in [0, 0.05) is 110 Å². The lowest BCUT2D eigenvalue weighted by molar-refractivity contribution is -0.127.